The molecule has 0 radical (unpaired) electrons. The number of nitrogens with two attached hydrogens (primary N) is 1. The molecular formula is C20H25ClN2O2. The van der Waals surface area contributed by atoms with E-state index in [2.05, 4.69) is 12.1 Å². The predicted octanol–water partition coefficient (Wildman–Crippen LogP) is 3.32. The third-order valence-electron chi connectivity index (χ3n) is 4.65. The second-order valence-electron chi connectivity index (χ2n) is 6.18. The fourth-order valence-electron chi connectivity index (χ4n) is 3.42. The highest BCUT2D eigenvalue weighted by Gasteiger charge is 2.35. The Morgan fingerprint density at radius 2 is 1.92 bits per heavy atom. The van der Waals surface area contributed by atoms with Gasteiger partial charge < -0.3 is 15.4 Å². The fourth-order valence-corrected chi connectivity index (χ4v) is 3.42. The molecule has 0 aromatic heterocycles. The van der Waals surface area contributed by atoms with Gasteiger partial charge >= 0.3 is 0 Å². The molecule has 0 spiro atoms. The number of nitrogens with zero attached hydrogens (tertiary/aromatic N) is 1. The van der Waals surface area contributed by atoms with Gasteiger partial charge in [-0.25, -0.2) is 0 Å². The predicted molar refractivity (Wildman–Crippen MR) is 102 cm³/mol. The summed E-state index contributed by atoms with van der Waals surface area (Å²) in [6, 6.07) is 17.7. The van der Waals surface area contributed by atoms with Gasteiger partial charge in [0.25, 0.3) is 5.91 Å². The fraction of sp³-hybridized carbons (Fsp3) is 0.350. The number of halogens is 1. The normalized spacial score (nSPS) is 19.4. The van der Waals surface area contributed by atoms with Crippen LogP contribution in [0.25, 0.3) is 0 Å². The Labute approximate surface area is 155 Å². The lowest BCUT2D eigenvalue weighted by molar-refractivity contribution is 0.0786. The van der Waals surface area contributed by atoms with Gasteiger partial charge in [-0.1, -0.05) is 36.4 Å². The number of ether oxygens (including phenoxy) is 1. The quantitative estimate of drug-likeness (QED) is 0.889. The number of amides is 1. The largest absolute Gasteiger partial charge is 0.494 e. The van der Waals surface area contributed by atoms with E-state index in [0.717, 1.165) is 5.75 Å². The average Bonchev–Trinajstić information content (AvgIpc) is 3.07. The van der Waals surface area contributed by atoms with Gasteiger partial charge in [0.15, 0.2) is 0 Å². The second-order valence-corrected chi connectivity index (χ2v) is 6.18. The van der Waals surface area contributed by atoms with E-state index < -0.39 is 0 Å². The molecule has 5 heteroatoms. The number of likely N-dealkylation sites (tertiary alicyclic amines) is 1. The van der Waals surface area contributed by atoms with E-state index in [4.69, 9.17) is 10.5 Å². The van der Waals surface area contributed by atoms with Crippen molar-refractivity contribution in [2.45, 2.75) is 12.8 Å². The van der Waals surface area contributed by atoms with Gasteiger partial charge in [0.1, 0.15) is 5.75 Å². The van der Waals surface area contributed by atoms with Crippen LogP contribution < -0.4 is 10.5 Å². The number of rotatable bonds is 5. The summed E-state index contributed by atoms with van der Waals surface area (Å²) in [6.07, 6.45) is 0. The Bertz CT molecular complexity index is 693. The van der Waals surface area contributed by atoms with Crippen molar-refractivity contribution in [3.05, 3.63) is 65.7 Å². The van der Waals surface area contributed by atoms with Gasteiger partial charge in [0, 0.05) is 24.6 Å². The van der Waals surface area contributed by atoms with E-state index in [0.29, 0.717) is 43.6 Å². The van der Waals surface area contributed by atoms with Crippen LogP contribution in [0.2, 0.25) is 0 Å². The molecule has 3 rings (SSSR count). The molecule has 0 bridgehead atoms. The van der Waals surface area contributed by atoms with Crippen molar-refractivity contribution < 1.29 is 9.53 Å². The molecule has 1 aliphatic rings. The zero-order valence-corrected chi connectivity index (χ0v) is 15.2. The summed E-state index contributed by atoms with van der Waals surface area (Å²) in [6.45, 7) is 4.53. The van der Waals surface area contributed by atoms with Crippen LogP contribution in [-0.2, 0) is 0 Å². The molecule has 0 aliphatic carbocycles. The molecule has 2 atom stereocenters. The zero-order chi connectivity index (χ0) is 16.9. The van der Waals surface area contributed by atoms with E-state index in [1.165, 1.54) is 5.56 Å². The first-order valence-corrected chi connectivity index (χ1v) is 8.50. The minimum atomic E-state index is 0. The van der Waals surface area contributed by atoms with Crippen LogP contribution in [0.3, 0.4) is 0 Å². The summed E-state index contributed by atoms with van der Waals surface area (Å²) in [4.78, 5) is 14.8. The molecule has 1 fully saturated rings. The van der Waals surface area contributed by atoms with Crippen molar-refractivity contribution in [1.82, 2.24) is 4.90 Å². The first-order chi connectivity index (χ1) is 11.7. The molecular weight excluding hydrogens is 336 g/mol. The monoisotopic (exact) mass is 360 g/mol. The molecule has 2 aromatic carbocycles. The molecule has 25 heavy (non-hydrogen) atoms. The van der Waals surface area contributed by atoms with E-state index in [1.54, 1.807) is 0 Å². The summed E-state index contributed by atoms with van der Waals surface area (Å²) in [7, 11) is 0. The van der Waals surface area contributed by atoms with Crippen molar-refractivity contribution in [1.29, 1.82) is 0 Å². The number of carbonyl (C=O) groups excluding carboxylic acids is 1. The minimum absolute atomic E-state index is 0. The van der Waals surface area contributed by atoms with Crippen LogP contribution in [0.4, 0.5) is 0 Å². The first kappa shape index (κ1) is 19.3. The number of hydrogen-bond donors (Lipinski definition) is 1. The Hall–Kier alpha value is -2.04. The summed E-state index contributed by atoms with van der Waals surface area (Å²) in [5.74, 6) is 1.38. The van der Waals surface area contributed by atoms with Crippen LogP contribution in [0.15, 0.2) is 54.6 Å². The lowest BCUT2D eigenvalue weighted by Gasteiger charge is -2.17. The third-order valence-corrected chi connectivity index (χ3v) is 4.65. The molecule has 1 saturated heterocycles. The van der Waals surface area contributed by atoms with Crippen molar-refractivity contribution in [3.63, 3.8) is 0 Å². The van der Waals surface area contributed by atoms with Gasteiger partial charge in [-0.3, -0.25) is 4.79 Å². The lowest BCUT2D eigenvalue weighted by Crippen LogP contribution is -2.29. The maximum absolute atomic E-state index is 12.9. The van der Waals surface area contributed by atoms with Crippen molar-refractivity contribution >= 4 is 18.3 Å². The van der Waals surface area contributed by atoms with Gasteiger partial charge in [-0.15, -0.1) is 12.4 Å². The molecule has 1 amide bonds. The molecule has 134 valence electrons. The molecule has 1 aliphatic heterocycles. The smallest absolute Gasteiger partial charge is 0.254 e. The van der Waals surface area contributed by atoms with Crippen molar-refractivity contribution in [2.24, 2.45) is 11.7 Å². The Morgan fingerprint density at radius 3 is 2.60 bits per heavy atom. The topological polar surface area (TPSA) is 55.6 Å². The highest BCUT2D eigenvalue weighted by atomic mass is 35.5. The summed E-state index contributed by atoms with van der Waals surface area (Å²) in [5.41, 5.74) is 7.90. The SMILES string of the molecule is CCOc1cccc(C(=O)N2C[C@@H](CN)[C@H](c3ccccc3)C2)c1.Cl. The molecule has 2 N–H and O–H groups in total. The van der Waals surface area contributed by atoms with E-state index >= 15 is 0 Å². The second kappa shape index (κ2) is 8.88. The summed E-state index contributed by atoms with van der Waals surface area (Å²) in [5, 5.41) is 0. The molecule has 1 heterocycles. The average molecular weight is 361 g/mol. The number of carbonyl (C=O) groups is 1. The zero-order valence-electron chi connectivity index (χ0n) is 14.4. The Balaban J connectivity index is 0.00000225. The van der Waals surface area contributed by atoms with Crippen molar-refractivity contribution in [2.75, 3.05) is 26.2 Å². The van der Waals surface area contributed by atoms with Crippen LogP contribution >= 0.6 is 12.4 Å². The molecule has 2 aromatic rings. The number of benzene rings is 2. The van der Waals surface area contributed by atoms with Gasteiger partial charge in [-0.2, -0.15) is 0 Å². The van der Waals surface area contributed by atoms with Gasteiger partial charge in [-0.05, 0) is 43.1 Å². The van der Waals surface area contributed by atoms with E-state index in [9.17, 15) is 4.79 Å². The first-order valence-electron chi connectivity index (χ1n) is 8.50. The molecule has 0 unspecified atom stereocenters. The number of hydrogen-bond acceptors (Lipinski definition) is 3. The van der Waals surface area contributed by atoms with Crippen LogP contribution in [0.5, 0.6) is 5.75 Å². The van der Waals surface area contributed by atoms with Gasteiger partial charge in [0.05, 0.1) is 6.61 Å². The van der Waals surface area contributed by atoms with Crippen LogP contribution in [-0.4, -0.2) is 37.0 Å². The van der Waals surface area contributed by atoms with Gasteiger partial charge in [0.2, 0.25) is 0 Å². The Morgan fingerprint density at radius 1 is 1.16 bits per heavy atom. The third kappa shape index (κ3) is 4.33. The summed E-state index contributed by atoms with van der Waals surface area (Å²) < 4.78 is 5.50. The van der Waals surface area contributed by atoms with Crippen molar-refractivity contribution in [3.8, 4) is 5.75 Å². The summed E-state index contributed by atoms with van der Waals surface area (Å²) >= 11 is 0. The Kier molecular flexibility index (Phi) is 6.85. The maximum Gasteiger partial charge on any atom is 0.254 e. The minimum Gasteiger partial charge on any atom is -0.494 e. The standard InChI is InChI=1S/C20H24N2O2.ClH/c1-2-24-18-10-6-9-16(11-18)20(23)22-13-17(12-21)19(14-22)15-7-4-3-5-8-15;/h3-11,17,19H,2,12-14,21H2,1H3;1H/t17-,19+;/m1./s1. The maximum atomic E-state index is 12.9. The highest BCUT2D eigenvalue weighted by molar-refractivity contribution is 5.94. The molecule has 4 nitrogen and oxygen atoms in total. The lowest BCUT2D eigenvalue weighted by atomic mass is 9.89. The highest BCUT2D eigenvalue weighted by Crippen LogP contribution is 2.33. The van der Waals surface area contributed by atoms with E-state index in [1.807, 2.05) is 54.3 Å². The molecule has 0 saturated carbocycles. The van der Waals surface area contributed by atoms with E-state index in [-0.39, 0.29) is 18.3 Å². The van der Waals surface area contributed by atoms with Crippen LogP contribution in [0, 0.1) is 5.92 Å². The van der Waals surface area contributed by atoms with Crippen LogP contribution in [0.1, 0.15) is 28.8 Å².